The molecule has 3 rings (SSSR count). The number of hydrogen-bond acceptors (Lipinski definition) is 6. The summed E-state index contributed by atoms with van der Waals surface area (Å²) in [6, 6.07) is 21.4. The standard InChI is InChI=1S/C14H10.2BH3O3/c1-2-6-12-10-14-8-4-3-7-13(14)9-11(12)5-1;2*2-1(3)4/h1-10H;2*2-4H. The Morgan fingerprint density at radius 3 is 0.818 bits per heavy atom. The van der Waals surface area contributed by atoms with Crippen LogP contribution in [0.1, 0.15) is 0 Å². The highest BCUT2D eigenvalue weighted by Crippen LogP contribution is 2.21. The summed E-state index contributed by atoms with van der Waals surface area (Å²) in [5.74, 6) is 0. The Hall–Kier alpha value is -1.93. The van der Waals surface area contributed by atoms with E-state index >= 15 is 0 Å². The first-order valence-corrected chi connectivity index (χ1v) is 6.36. The van der Waals surface area contributed by atoms with E-state index in [9.17, 15) is 0 Å². The molecule has 0 unspecified atom stereocenters. The van der Waals surface area contributed by atoms with E-state index < -0.39 is 14.6 Å². The number of rotatable bonds is 0. The Labute approximate surface area is 127 Å². The van der Waals surface area contributed by atoms with Crippen molar-refractivity contribution < 1.29 is 30.1 Å². The van der Waals surface area contributed by atoms with Gasteiger partial charge >= 0.3 is 14.6 Å². The van der Waals surface area contributed by atoms with Gasteiger partial charge in [-0.05, 0) is 33.7 Å². The summed E-state index contributed by atoms with van der Waals surface area (Å²) < 4.78 is 0. The SMILES string of the molecule is OB(O)O.OB(O)O.c1ccc2cc3ccccc3cc2c1. The van der Waals surface area contributed by atoms with E-state index in [2.05, 4.69) is 60.7 Å². The maximum Gasteiger partial charge on any atom is 0.631 e. The molecule has 0 heterocycles. The van der Waals surface area contributed by atoms with Gasteiger partial charge in [-0.2, -0.15) is 0 Å². The number of benzene rings is 3. The summed E-state index contributed by atoms with van der Waals surface area (Å²) in [4.78, 5) is 0. The lowest BCUT2D eigenvalue weighted by molar-refractivity contribution is 0.276. The zero-order valence-electron chi connectivity index (χ0n) is 11.6. The summed E-state index contributed by atoms with van der Waals surface area (Å²) in [7, 11) is -4.33. The monoisotopic (exact) mass is 302 g/mol. The molecule has 0 spiro atoms. The van der Waals surface area contributed by atoms with Crippen LogP contribution >= 0.6 is 0 Å². The van der Waals surface area contributed by atoms with Crippen LogP contribution in [-0.4, -0.2) is 44.8 Å². The molecular formula is C14H16B2O6. The molecule has 0 aliphatic heterocycles. The molecule has 3 aromatic rings. The first-order valence-electron chi connectivity index (χ1n) is 6.36. The minimum Gasteiger partial charge on any atom is -0.402 e. The predicted molar refractivity (Wildman–Crippen MR) is 86.3 cm³/mol. The lowest BCUT2D eigenvalue weighted by Gasteiger charge is -2.00. The van der Waals surface area contributed by atoms with Crippen molar-refractivity contribution in [3.63, 3.8) is 0 Å². The Morgan fingerprint density at radius 2 is 0.636 bits per heavy atom. The lowest BCUT2D eigenvalue weighted by atomic mass is 10.0. The fraction of sp³-hybridized carbons (Fsp3) is 0. The van der Waals surface area contributed by atoms with Gasteiger partial charge in [0.1, 0.15) is 0 Å². The average molecular weight is 302 g/mol. The van der Waals surface area contributed by atoms with Crippen LogP contribution in [0.25, 0.3) is 21.5 Å². The normalized spacial score (nSPS) is 9.36. The Kier molecular flexibility index (Phi) is 7.55. The first kappa shape index (κ1) is 18.1. The van der Waals surface area contributed by atoms with Crippen LogP contribution in [0.3, 0.4) is 0 Å². The Bertz CT molecular complexity index is 588. The molecule has 8 heteroatoms. The van der Waals surface area contributed by atoms with Gasteiger partial charge in [-0.25, -0.2) is 0 Å². The largest absolute Gasteiger partial charge is 0.631 e. The first-order chi connectivity index (χ1) is 10.4. The fourth-order valence-electron chi connectivity index (χ4n) is 1.88. The van der Waals surface area contributed by atoms with Crippen LogP contribution < -0.4 is 0 Å². The van der Waals surface area contributed by atoms with Crippen LogP contribution in [-0.2, 0) is 0 Å². The highest BCUT2D eigenvalue weighted by molar-refractivity contribution is 6.30. The third-order valence-corrected chi connectivity index (χ3v) is 2.61. The minimum absolute atomic E-state index is 1.31. The summed E-state index contributed by atoms with van der Waals surface area (Å²) in [5, 5.41) is 48.2. The van der Waals surface area contributed by atoms with Gasteiger partial charge in [-0.1, -0.05) is 48.5 Å². The van der Waals surface area contributed by atoms with E-state index in [0.29, 0.717) is 0 Å². The molecule has 6 nitrogen and oxygen atoms in total. The molecule has 0 radical (unpaired) electrons. The van der Waals surface area contributed by atoms with Gasteiger partial charge in [0.05, 0.1) is 0 Å². The third kappa shape index (κ3) is 6.68. The molecule has 0 aliphatic carbocycles. The molecule has 0 aromatic heterocycles. The molecule has 22 heavy (non-hydrogen) atoms. The molecule has 6 N–H and O–H groups in total. The quantitative estimate of drug-likeness (QED) is 0.254. The topological polar surface area (TPSA) is 121 Å². The molecular weight excluding hydrogens is 286 g/mol. The molecule has 0 aliphatic rings. The molecule has 0 saturated carbocycles. The third-order valence-electron chi connectivity index (χ3n) is 2.61. The average Bonchev–Trinajstić information content (AvgIpc) is 2.44. The van der Waals surface area contributed by atoms with Crippen molar-refractivity contribution in [2.75, 3.05) is 0 Å². The molecule has 0 amide bonds. The number of hydrogen-bond donors (Lipinski definition) is 6. The van der Waals surface area contributed by atoms with Crippen molar-refractivity contribution in [3.05, 3.63) is 60.7 Å². The maximum absolute atomic E-state index is 7.17. The van der Waals surface area contributed by atoms with Crippen LogP contribution in [0.5, 0.6) is 0 Å². The van der Waals surface area contributed by atoms with Crippen LogP contribution in [0, 0.1) is 0 Å². The van der Waals surface area contributed by atoms with Gasteiger partial charge in [-0.15, -0.1) is 0 Å². The Balaban J connectivity index is 0.000000257. The summed E-state index contributed by atoms with van der Waals surface area (Å²) in [6.45, 7) is 0. The van der Waals surface area contributed by atoms with E-state index in [4.69, 9.17) is 30.1 Å². The van der Waals surface area contributed by atoms with Gasteiger partial charge in [0.15, 0.2) is 0 Å². The summed E-state index contributed by atoms with van der Waals surface area (Å²) in [6.07, 6.45) is 0. The molecule has 0 saturated heterocycles. The molecule has 0 fully saturated rings. The second-order valence-electron chi connectivity index (χ2n) is 4.24. The van der Waals surface area contributed by atoms with E-state index in [1.807, 2.05) is 0 Å². The van der Waals surface area contributed by atoms with Crippen molar-refractivity contribution in [1.82, 2.24) is 0 Å². The second kappa shape index (κ2) is 9.16. The zero-order chi connectivity index (χ0) is 16.5. The highest BCUT2D eigenvalue weighted by atomic mass is 16.5. The van der Waals surface area contributed by atoms with Crippen molar-refractivity contribution >= 4 is 36.2 Å². The van der Waals surface area contributed by atoms with Gasteiger partial charge < -0.3 is 30.1 Å². The van der Waals surface area contributed by atoms with Crippen molar-refractivity contribution in [2.24, 2.45) is 0 Å². The summed E-state index contributed by atoms with van der Waals surface area (Å²) >= 11 is 0. The van der Waals surface area contributed by atoms with E-state index in [-0.39, 0.29) is 0 Å². The van der Waals surface area contributed by atoms with E-state index in [1.54, 1.807) is 0 Å². The predicted octanol–water partition coefficient (Wildman–Crippen LogP) is -0.111. The molecule has 114 valence electrons. The molecule has 0 bridgehead atoms. The van der Waals surface area contributed by atoms with Gasteiger partial charge in [0.2, 0.25) is 0 Å². The van der Waals surface area contributed by atoms with E-state index in [0.717, 1.165) is 0 Å². The summed E-state index contributed by atoms with van der Waals surface area (Å²) in [5.41, 5.74) is 0. The molecule has 3 aromatic carbocycles. The van der Waals surface area contributed by atoms with Crippen LogP contribution in [0.2, 0.25) is 0 Å². The lowest BCUT2D eigenvalue weighted by Crippen LogP contribution is -2.07. The Morgan fingerprint density at radius 1 is 0.455 bits per heavy atom. The second-order valence-corrected chi connectivity index (χ2v) is 4.24. The fourth-order valence-corrected chi connectivity index (χ4v) is 1.88. The van der Waals surface area contributed by atoms with Crippen molar-refractivity contribution in [2.45, 2.75) is 0 Å². The zero-order valence-corrected chi connectivity index (χ0v) is 11.6. The van der Waals surface area contributed by atoms with Crippen LogP contribution in [0.4, 0.5) is 0 Å². The van der Waals surface area contributed by atoms with Crippen LogP contribution in [0.15, 0.2) is 60.7 Å². The maximum atomic E-state index is 7.17. The van der Waals surface area contributed by atoms with Gasteiger partial charge in [0, 0.05) is 0 Å². The van der Waals surface area contributed by atoms with Crippen molar-refractivity contribution in [3.8, 4) is 0 Å². The van der Waals surface area contributed by atoms with E-state index in [1.165, 1.54) is 21.5 Å². The minimum atomic E-state index is -2.17. The smallest absolute Gasteiger partial charge is 0.402 e. The van der Waals surface area contributed by atoms with Gasteiger partial charge in [0.25, 0.3) is 0 Å². The number of fused-ring (bicyclic) bond motifs is 2. The van der Waals surface area contributed by atoms with Gasteiger partial charge in [-0.3, -0.25) is 0 Å². The van der Waals surface area contributed by atoms with Crippen molar-refractivity contribution in [1.29, 1.82) is 0 Å². The highest BCUT2D eigenvalue weighted by Gasteiger charge is 1.95. The molecule has 0 atom stereocenters.